The molecular weight excluding hydrogens is 327 g/mol. The van der Waals surface area contributed by atoms with Crippen LogP contribution >= 0.6 is 0 Å². The van der Waals surface area contributed by atoms with Crippen molar-refractivity contribution >= 4 is 0 Å². The highest BCUT2D eigenvalue weighted by Crippen LogP contribution is 2.35. The maximum absolute atomic E-state index is 14.5. The quantitative estimate of drug-likeness (QED) is 0.475. The summed E-state index contributed by atoms with van der Waals surface area (Å²) < 4.78 is 25.8. The van der Waals surface area contributed by atoms with Crippen LogP contribution in [-0.2, 0) is 6.42 Å². The molecule has 0 aliphatic carbocycles. The van der Waals surface area contributed by atoms with E-state index in [0.29, 0.717) is 29.8 Å². The van der Waals surface area contributed by atoms with Crippen molar-refractivity contribution in [3.05, 3.63) is 47.8 Å². The molecule has 0 saturated heterocycles. The minimum Gasteiger partial charge on any atom is -0.497 e. The van der Waals surface area contributed by atoms with Crippen LogP contribution in [0.15, 0.2) is 36.4 Å². The van der Waals surface area contributed by atoms with Crippen molar-refractivity contribution in [3.8, 4) is 22.6 Å². The van der Waals surface area contributed by atoms with Gasteiger partial charge in [0.2, 0.25) is 0 Å². The van der Waals surface area contributed by atoms with Crippen LogP contribution in [-0.4, -0.2) is 13.7 Å². The minimum atomic E-state index is -0.269. The van der Waals surface area contributed by atoms with Gasteiger partial charge in [-0.05, 0) is 60.9 Å². The minimum absolute atomic E-state index is 0.269. The molecule has 0 bridgehead atoms. The summed E-state index contributed by atoms with van der Waals surface area (Å²) in [6.07, 6.45) is 3.09. The largest absolute Gasteiger partial charge is 0.497 e. The van der Waals surface area contributed by atoms with Gasteiger partial charge in [-0.1, -0.05) is 39.8 Å². The van der Waals surface area contributed by atoms with Crippen LogP contribution in [0.4, 0.5) is 4.39 Å². The van der Waals surface area contributed by atoms with E-state index in [4.69, 9.17) is 9.47 Å². The number of hydrogen-bond donors (Lipinski definition) is 0. The van der Waals surface area contributed by atoms with Crippen LogP contribution in [0.25, 0.3) is 11.1 Å². The van der Waals surface area contributed by atoms with Crippen molar-refractivity contribution in [3.63, 3.8) is 0 Å². The molecule has 0 radical (unpaired) electrons. The van der Waals surface area contributed by atoms with Crippen LogP contribution in [0, 0.1) is 17.7 Å². The van der Waals surface area contributed by atoms with Crippen LogP contribution in [0.3, 0.4) is 0 Å². The second-order valence-electron chi connectivity index (χ2n) is 7.66. The zero-order valence-corrected chi connectivity index (χ0v) is 16.6. The zero-order valence-electron chi connectivity index (χ0n) is 16.6. The Labute approximate surface area is 157 Å². The molecule has 0 atom stereocenters. The average molecular weight is 358 g/mol. The van der Waals surface area contributed by atoms with Gasteiger partial charge in [0.15, 0.2) is 0 Å². The maximum Gasteiger partial charge on any atom is 0.131 e. The number of benzene rings is 2. The first-order chi connectivity index (χ1) is 12.4. The normalized spacial score (nSPS) is 11.2. The second kappa shape index (κ2) is 9.61. The van der Waals surface area contributed by atoms with Crippen LogP contribution < -0.4 is 9.47 Å². The molecule has 0 unspecified atom stereocenters. The highest BCUT2D eigenvalue weighted by molar-refractivity contribution is 5.72. The van der Waals surface area contributed by atoms with E-state index in [2.05, 4.69) is 39.8 Å². The van der Waals surface area contributed by atoms with Gasteiger partial charge >= 0.3 is 0 Å². The Bertz CT molecular complexity index is 707. The summed E-state index contributed by atoms with van der Waals surface area (Å²) in [5.74, 6) is 2.33. The summed E-state index contributed by atoms with van der Waals surface area (Å²) >= 11 is 0. The van der Waals surface area contributed by atoms with E-state index in [-0.39, 0.29) is 5.82 Å². The highest BCUT2D eigenvalue weighted by Gasteiger charge is 2.14. The smallest absolute Gasteiger partial charge is 0.131 e. The third kappa shape index (κ3) is 5.76. The summed E-state index contributed by atoms with van der Waals surface area (Å²) in [6.45, 7) is 9.44. The van der Waals surface area contributed by atoms with Gasteiger partial charge in [-0.15, -0.1) is 0 Å². The molecule has 0 aliphatic heterocycles. The Morgan fingerprint density at radius 3 is 2.35 bits per heavy atom. The molecule has 0 heterocycles. The summed E-state index contributed by atoms with van der Waals surface area (Å²) in [5, 5.41) is 0. The first-order valence-corrected chi connectivity index (χ1v) is 9.50. The van der Waals surface area contributed by atoms with Crippen molar-refractivity contribution in [2.75, 3.05) is 13.7 Å². The highest BCUT2D eigenvalue weighted by atomic mass is 19.1. The van der Waals surface area contributed by atoms with Gasteiger partial charge in [-0.2, -0.15) is 0 Å². The first kappa shape index (κ1) is 20.3. The summed E-state index contributed by atoms with van der Waals surface area (Å²) in [5.41, 5.74) is 2.50. The molecule has 2 nitrogen and oxygen atoms in total. The van der Waals surface area contributed by atoms with Crippen LogP contribution in [0.5, 0.6) is 11.5 Å². The Hall–Kier alpha value is -2.03. The summed E-state index contributed by atoms with van der Waals surface area (Å²) in [4.78, 5) is 0. The van der Waals surface area contributed by atoms with Gasteiger partial charge in [-0.25, -0.2) is 4.39 Å². The fraction of sp³-hybridized carbons (Fsp3) is 0.478. The maximum atomic E-state index is 14.5. The lowest BCUT2D eigenvalue weighted by Gasteiger charge is -2.16. The Balaban J connectivity index is 2.34. The molecule has 2 aromatic carbocycles. The number of halogens is 1. The fourth-order valence-corrected chi connectivity index (χ4v) is 3.02. The molecule has 0 spiro atoms. The summed E-state index contributed by atoms with van der Waals surface area (Å²) in [7, 11) is 1.59. The lowest BCUT2D eigenvalue weighted by Crippen LogP contribution is -2.03. The topological polar surface area (TPSA) is 18.5 Å². The van der Waals surface area contributed by atoms with Crippen molar-refractivity contribution in [1.82, 2.24) is 0 Å². The Kier molecular flexibility index (Phi) is 7.50. The molecule has 26 heavy (non-hydrogen) atoms. The van der Waals surface area contributed by atoms with Crippen molar-refractivity contribution in [2.45, 2.75) is 47.0 Å². The Morgan fingerprint density at radius 1 is 0.923 bits per heavy atom. The molecule has 0 aromatic heterocycles. The fourth-order valence-electron chi connectivity index (χ4n) is 3.02. The molecule has 3 heteroatoms. The van der Waals surface area contributed by atoms with E-state index >= 15 is 0 Å². The molecule has 142 valence electrons. The zero-order chi connectivity index (χ0) is 19.1. The molecule has 0 fully saturated rings. The monoisotopic (exact) mass is 358 g/mol. The van der Waals surface area contributed by atoms with Crippen molar-refractivity contribution in [2.24, 2.45) is 11.8 Å². The van der Waals surface area contributed by atoms with Gasteiger partial charge in [0.05, 0.1) is 13.7 Å². The van der Waals surface area contributed by atoms with Crippen LogP contribution in [0.1, 0.15) is 46.1 Å². The SMILES string of the molecule is COc1ccc(F)c(-c2ccc(CC(C)C)cc2OCCCC(C)C)c1. The first-order valence-electron chi connectivity index (χ1n) is 9.50. The number of ether oxygens (including phenoxy) is 2. The molecule has 0 N–H and O–H groups in total. The number of hydrogen-bond acceptors (Lipinski definition) is 2. The van der Waals surface area contributed by atoms with E-state index in [1.807, 2.05) is 6.07 Å². The van der Waals surface area contributed by atoms with Gasteiger partial charge in [-0.3, -0.25) is 0 Å². The predicted molar refractivity (Wildman–Crippen MR) is 106 cm³/mol. The lowest BCUT2D eigenvalue weighted by atomic mass is 9.97. The number of methoxy groups -OCH3 is 1. The van der Waals surface area contributed by atoms with Crippen molar-refractivity contribution in [1.29, 1.82) is 0 Å². The molecule has 0 amide bonds. The Morgan fingerprint density at radius 2 is 1.69 bits per heavy atom. The average Bonchev–Trinajstić information content (AvgIpc) is 2.59. The van der Waals surface area contributed by atoms with Gasteiger partial charge in [0, 0.05) is 11.1 Å². The van der Waals surface area contributed by atoms with E-state index in [0.717, 1.165) is 30.6 Å². The van der Waals surface area contributed by atoms with E-state index in [1.54, 1.807) is 19.2 Å². The standard InChI is InChI=1S/C23H31FO2/c1-16(2)7-6-12-26-23-14-18(13-17(3)4)8-10-20(23)21-15-19(25-5)9-11-22(21)24/h8-11,14-17H,6-7,12-13H2,1-5H3. The summed E-state index contributed by atoms with van der Waals surface area (Å²) in [6, 6.07) is 10.9. The van der Waals surface area contributed by atoms with Gasteiger partial charge in [0.1, 0.15) is 17.3 Å². The lowest BCUT2D eigenvalue weighted by molar-refractivity contribution is 0.298. The van der Waals surface area contributed by atoms with Gasteiger partial charge in [0.25, 0.3) is 0 Å². The second-order valence-corrected chi connectivity index (χ2v) is 7.66. The number of rotatable bonds is 9. The third-order valence-corrected chi connectivity index (χ3v) is 4.34. The van der Waals surface area contributed by atoms with Crippen molar-refractivity contribution < 1.29 is 13.9 Å². The predicted octanol–water partition coefficient (Wildman–Crippen LogP) is 6.51. The van der Waals surface area contributed by atoms with Gasteiger partial charge < -0.3 is 9.47 Å². The molecular formula is C23H31FO2. The molecule has 0 saturated carbocycles. The van der Waals surface area contributed by atoms with E-state index in [9.17, 15) is 4.39 Å². The molecule has 0 aliphatic rings. The molecule has 2 rings (SSSR count). The van der Waals surface area contributed by atoms with E-state index < -0.39 is 0 Å². The molecule has 2 aromatic rings. The third-order valence-electron chi connectivity index (χ3n) is 4.34. The van der Waals surface area contributed by atoms with Crippen LogP contribution in [0.2, 0.25) is 0 Å². The van der Waals surface area contributed by atoms with E-state index in [1.165, 1.54) is 11.6 Å².